The highest BCUT2D eigenvalue weighted by Crippen LogP contribution is 2.35. The second kappa shape index (κ2) is 3.92. The monoisotopic (exact) mass is 201 g/mol. The summed E-state index contributed by atoms with van der Waals surface area (Å²) in [6.07, 6.45) is 2.60. The van der Waals surface area contributed by atoms with Crippen molar-refractivity contribution in [2.24, 2.45) is 0 Å². The number of fused-ring (bicyclic) bond motifs is 1. The van der Waals surface area contributed by atoms with Gasteiger partial charge in [-0.25, -0.2) is 0 Å². The van der Waals surface area contributed by atoms with Gasteiger partial charge < -0.3 is 0 Å². The van der Waals surface area contributed by atoms with Crippen LogP contribution in [0.1, 0.15) is 61.3 Å². The molecular formula is C15H21+. The molecule has 0 heteroatoms. The van der Waals surface area contributed by atoms with Crippen LogP contribution in [0.25, 0.3) is 0 Å². The molecule has 0 N–H and O–H groups in total. The number of aryl methyl sites for hydroxylation is 1. The predicted octanol–water partition coefficient (Wildman–Crippen LogP) is 4.45. The SMILES string of the molecule is C[c+]1ccc(C(C)C)cc2c1CCC2C. The van der Waals surface area contributed by atoms with Crippen molar-refractivity contribution in [1.29, 1.82) is 0 Å². The summed E-state index contributed by atoms with van der Waals surface area (Å²) in [4.78, 5) is 0. The minimum atomic E-state index is 0.633. The molecule has 0 heterocycles. The van der Waals surface area contributed by atoms with Crippen LogP contribution in [0.2, 0.25) is 0 Å². The highest BCUT2D eigenvalue weighted by atomic mass is 14.2. The maximum Gasteiger partial charge on any atom is 0.0659 e. The second-order valence-corrected chi connectivity index (χ2v) is 5.19. The summed E-state index contributed by atoms with van der Waals surface area (Å²) in [5.74, 6) is 1.39. The van der Waals surface area contributed by atoms with Crippen LogP contribution in [0, 0.1) is 6.92 Å². The van der Waals surface area contributed by atoms with E-state index in [0.29, 0.717) is 5.92 Å². The zero-order chi connectivity index (χ0) is 11.0. The second-order valence-electron chi connectivity index (χ2n) is 5.19. The third kappa shape index (κ3) is 1.90. The Kier molecular flexibility index (Phi) is 2.77. The van der Waals surface area contributed by atoms with Crippen LogP contribution >= 0.6 is 0 Å². The van der Waals surface area contributed by atoms with Gasteiger partial charge in [0.15, 0.2) is 0 Å². The molecule has 15 heavy (non-hydrogen) atoms. The smallest absolute Gasteiger partial charge is 0.0575 e. The molecule has 0 fully saturated rings. The van der Waals surface area contributed by atoms with Crippen molar-refractivity contribution in [3.8, 4) is 0 Å². The fourth-order valence-electron chi connectivity index (χ4n) is 2.52. The summed E-state index contributed by atoms with van der Waals surface area (Å²) in [5, 5.41) is 0. The van der Waals surface area contributed by atoms with E-state index in [-0.39, 0.29) is 0 Å². The van der Waals surface area contributed by atoms with Crippen molar-refractivity contribution in [1.82, 2.24) is 0 Å². The quantitative estimate of drug-likeness (QED) is 0.589. The Morgan fingerprint density at radius 1 is 1.40 bits per heavy atom. The Labute approximate surface area is 93.4 Å². The minimum absolute atomic E-state index is 0.633. The van der Waals surface area contributed by atoms with E-state index in [2.05, 4.69) is 45.9 Å². The van der Waals surface area contributed by atoms with E-state index >= 15 is 0 Å². The normalized spacial score (nSPS) is 19.4. The molecule has 0 aromatic heterocycles. The first-order valence-electron chi connectivity index (χ1n) is 6.06. The zero-order valence-electron chi connectivity index (χ0n) is 10.3. The molecule has 0 nitrogen and oxygen atoms in total. The van der Waals surface area contributed by atoms with E-state index in [1.165, 1.54) is 24.0 Å². The van der Waals surface area contributed by atoms with Crippen LogP contribution in [0.4, 0.5) is 0 Å². The molecule has 1 aromatic carbocycles. The molecule has 1 atom stereocenters. The van der Waals surface area contributed by atoms with E-state index in [0.717, 1.165) is 5.92 Å². The molecule has 1 aliphatic rings. The van der Waals surface area contributed by atoms with E-state index in [4.69, 9.17) is 0 Å². The lowest BCUT2D eigenvalue weighted by Gasteiger charge is -2.00. The third-order valence-electron chi connectivity index (χ3n) is 3.70. The largest absolute Gasteiger partial charge is 0.0659 e. The highest BCUT2D eigenvalue weighted by molar-refractivity contribution is 5.41. The Morgan fingerprint density at radius 2 is 2.13 bits per heavy atom. The molecule has 2 rings (SSSR count). The molecule has 80 valence electrons. The molecule has 0 aliphatic heterocycles. The van der Waals surface area contributed by atoms with Gasteiger partial charge in [-0.2, -0.15) is 0 Å². The summed E-state index contributed by atoms with van der Waals surface area (Å²) < 4.78 is 0. The van der Waals surface area contributed by atoms with E-state index < -0.39 is 0 Å². The molecule has 0 saturated carbocycles. The average molecular weight is 201 g/mol. The Bertz CT molecular complexity index is 380. The van der Waals surface area contributed by atoms with Crippen molar-refractivity contribution >= 4 is 0 Å². The minimum Gasteiger partial charge on any atom is -0.0575 e. The highest BCUT2D eigenvalue weighted by Gasteiger charge is 2.25. The van der Waals surface area contributed by atoms with E-state index in [1.807, 2.05) is 0 Å². The van der Waals surface area contributed by atoms with Crippen LogP contribution in [-0.2, 0) is 6.42 Å². The van der Waals surface area contributed by atoms with Crippen molar-refractivity contribution in [3.05, 3.63) is 40.5 Å². The molecule has 1 aromatic rings. The van der Waals surface area contributed by atoms with Gasteiger partial charge in [0, 0.05) is 42.2 Å². The van der Waals surface area contributed by atoms with Gasteiger partial charge in [-0.15, -0.1) is 0 Å². The van der Waals surface area contributed by atoms with Gasteiger partial charge >= 0.3 is 0 Å². The van der Waals surface area contributed by atoms with Gasteiger partial charge in [-0.3, -0.25) is 0 Å². The van der Waals surface area contributed by atoms with Crippen LogP contribution < -0.4 is 0 Å². The number of rotatable bonds is 1. The van der Waals surface area contributed by atoms with Gasteiger partial charge in [-0.1, -0.05) is 13.8 Å². The molecule has 0 amide bonds. The van der Waals surface area contributed by atoms with Crippen LogP contribution in [0.5, 0.6) is 0 Å². The zero-order valence-corrected chi connectivity index (χ0v) is 10.3. The predicted molar refractivity (Wildman–Crippen MR) is 66.4 cm³/mol. The Balaban J connectivity index is 2.61. The lowest BCUT2D eigenvalue weighted by atomic mass is 9.99. The fraction of sp³-hybridized carbons (Fsp3) is 0.533. The summed E-state index contributed by atoms with van der Waals surface area (Å²) in [6, 6.07) is 7.03. The van der Waals surface area contributed by atoms with Gasteiger partial charge in [0.2, 0.25) is 0 Å². The van der Waals surface area contributed by atoms with Gasteiger partial charge in [0.1, 0.15) is 0 Å². The molecule has 1 unspecified atom stereocenters. The third-order valence-corrected chi connectivity index (χ3v) is 3.70. The topological polar surface area (TPSA) is 0 Å². The van der Waals surface area contributed by atoms with Crippen LogP contribution in [0.3, 0.4) is 0 Å². The summed E-state index contributed by atoms with van der Waals surface area (Å²) >= 11 is 0. The summed E-state index contributed by atoms with van der Waals surface area (Å²) in [5.41, 5.74) is 6.16. The van der Waals surface area contributed by atoms with Crippen molar-refractivity contribution in [2.75, 3.05) is 0 Å². The first kappa shape index (κ1) is 10.6. The van der Waals surface area contributed by atoms with Crippen LogP contribution in [-0.4, -0.2) is 0 Å². The van der Waals surface area contributed by atoms with Crippen molar-refractivity contribution in [3.63, 3.8) is 0 Å². The lowest BCUT2D eigenvalue weighted by Crippen LogP contribution is -1.88. The molecule has 1 aliphatic carbocycles. The summed E-state index contributed by atoms with van der Waals surface area (Å²) in [7, 11) is 0. The van der Waals surface area contributed by atoms with Crippen molar-refractivity contribution in [2.45, 2.75) is 52.4 Å². The maximum atomic E-state index is 2.44. The summed E-state index contributed by atoms with van der Waals surface area (Å²) in [6.45, 7) is 9.16. The van der Waals surface area contributed by atoms with Crippen LogP contribution in [0.15, 0.2) is 18.2 Å². The number of hydrogen-bond acceptors (Lipinski definition) is 0. The standard InChI is InChI=1S/C15H21/c1-10(2)13-7-5-11(3)14-8-6-12(4)15(14)9-13/h5,7,9-10,12H,6,8H2,1-4H3/q+1. The fourth-order valence-corrected chi connectivity index (χ4v) is 2.52. The van der Waals surface area contributed by atoms with Crippen molar-refractivity contribution < 1.29 is 0 Å². The molecular weight excluding hydrogens is 180 g/mol. The molecule has 0 radical (unpaired) electrons. The first-order valence-corrected chi connectivity index (χ1v) is 6.06. The molecule has 0 spiro atoms. The maximum absolute atomic E-state index is 2.44. The average Bonchev–Trinajstić information content (AvgIpc) is 2.43. The molecule has 0 saturated heterocycles. The molecule has 0 bridgehead atoms. The lowest BCUT2D eigenvalue weighted by molar-refractivity contribution is 0.743. The van der Waals surface area contributed by atoms with Gasteiger partial charge in [-0.05, 0) is 25.7 Å². The van der Waals surface area contributed by atoms with E-state index in [1.54, 1.807) is 11.1 Å². The Morgan fingerprint density at radius 3 is 2.80 bits per heavy atom. The first-order chi connectivity index (χ1) is 7.09. The number of hydrogen-bond donors (Lipinski definition) is 0. The van der Waals surface area contributed by atoms with Gasteiger partial charge in [0.25, 0.3) is 0 Å². The van der Waals surface area contributed by atoms with E-state index in [9.17, 15) is 0 Å². The van der Waals surface area contributed by atoms with Gasteiger partial charge in [0.05, 0.1) is 11.1 Å². The Hall–Kier alpha value is -0.910.